The number of carbonyl (C=O) groups excluding carboxylic acids is 2. The van der Waals surface area contributed by atoms with Gasteiger partial charge >= 0.3 is 5.97 Å². The summed E-state index contributed by atoms with van der Waals surface area (Å²) in [4.78, 5) is 23.6. The summed E-state index contributed by atoms with van der Waals surface area (Å²) in [5.74, 6) is -4.30. The first-order chi connectivity index (χ1) is 12.3. The van der Waals surface area contributed by atoms with E-state index in [-0.39, 0.29) is 16.5 Å². The van der Waals surface area contributed by atoms with E-state index >= 15 is 0 Å². The number of halogens is 4. The van der Waals surface area contributed by atoms with Crippen molar-refractivity contribution in [3.05, 3.63) is 58.9 Å². The van der Waals surface area contributed by atoms with Gasteiger partial charge in [0.25, 0.3) is 5.91 Å². The Kier molecular flexibility index (Phi) is 6.46. The van der Waals surface area contributed by atoms with Crippen LogP contribution in [0, 0.1) is 17.5 Å². The van der Waals surface area contributed by atoms with Gasteiger partial charge in [0, 0.05) is 11.8 Å². The second kappa shape index (κ2) is 8.57. The number of nitrogens with one attached hydrogen (secondary N) is 1. The van der Waals surface area contributed by atoms with Crippen molar-refractivity contribution >= 4 is 29.2 Å². The molecule has 0 aliphatic rings. The standard InChI is InChI=1S/C17H13ClF3NO4/c1-9(17(24)22-11-3-4-13(20)14(21)7-11)26-16(23)8-25-15-5-2-10(19)6-12(15)18/h2-7,9H,8H2,1H3,(H,22,24)/t9-/m1/s1. The van der Waals surface area contributed by atoms with Gasteiger partial charge in [0.15, 0.2) is 24.3 Å². The molecule has 26 heavy (non-hydrogen) atoms. The monoisotopic (exact) mass is 387 g/mol. The zero-order valence-corrected chi connectivity index (χ0v) is 14.1. The molecule has 1 amide bonds. The summed E-state index contributed by atoms with van der Waals surface area (Å²) >= 11 is 5.74. The Hall–Kier alpha value is -2.74. The molecule has 0 heterocycles. The smallest absolute Gasteiger partial charge is 0.344 e. The fourth-order valence-corrected chi connectivity index (χ4v) is 2.05. The first-order valence-electron chi connectivity index (χ1n) is 7.29. The highest BCUT2D eigenvalue weighted by molar-refractivity contribution is 6.32. The van der Waals surface area contributed by atoms with E-state index in [1.54, 1.807) is 0 Å². The van der Waals surface area contributed by atoms with Gasteiger partial charge in [-0.15, -0.1) is 0 Å². The number of rotatable bonds is 6. The van der Waals surface area contributed by atoms with Gasteiger partial charge in [-0.3, -0.25) is 4.79 Å². The lowest BCUT2D eigenvalue weighted by Crippen LogP contribution is -2.31. The molecule has 0 aromatic heterocycles. The molecule has 0 bridgehead atoms. The molecule has 2 rings (SSSR count). The van der Waals surface area contributed by atoms with Crippen LogP contribution in [0.3, 0.4) is 0 Å². The minimum Gasteiger partial charge on any atom is -0.480 e. The Balaban J connectivity index is 1.85. The topological polar surface area (TPSA) is 64.6 Å². The third-order valence-corrected chi connectivity index (χ3v) is 3.40. The first-order valence-corrected chi connectivity index (χ1v) is 7.67. The van der Waals surface area contributed by atoms with Crippen LogP contribution in [0.2, 0.25) is 5.02 Å². The SMILES string of the molecule is C[C@@H](OC(=O)COc1ccc(F)cc1Cl)C(=O)Nc1ccc(F)c(F)c1. The number of amides is 1. The summed E-state index contributed by atoms with van der Waals surface area (Å²) in [6.07, 6.45) is -1.22. The van der Waals surface area contributed by atoms with Gasteiger partial charge in [0.1, 0.15) is 11.6 Å². The molecule has 2 aromatic carbocycles. The molecule has 5 nitrogen and oxygen atoms in total. The maximum absolute atomic E-state index is 13.1. The predicted octanol–water partition coefficient (Wildman–Crippen LogP) is 3.71. The molecule has 138 valence electrons. The van der Waals surface area contributed by atoms with Gasteiger partial charge in [-0.25, -0.2) is 18.0 Å². The number of ether oxygens (including phenoxy) is 2. The van der Waals surface area contributed by atoms with Crippen molar-refractivity contribution in [2.75, 3.05) is 11.9 Å². The van der Waals surface area contributed by atoms with Gasteiger partial charge in [0.2, 0.25) is 0 Å². The van der Waals surface area contributed by atoms with Crippen molar-refractivity contribution in [3.8, 4) is 5.75 Å². The molecule has 0 radical (unpaired) electrons. The second-order valence-corrected chi connectivity index (χ2v) is 5.52. The molecule has 1 N–H and O–H groups in total. The molecule has 0 spiro atoms. The van der Waals surface area contributed by atoms with Crippen LogP contribution in [-0.4, -0.2) is 24.6 Å². The third-order valence-electron chi connectivity index (χ3n) is 3.10. The lowest BCUT2D eigenvalue weighted by Gasteiger charge is -2.14. The summed E-state index contributed by atoms with van der Waals surface area (Å²) in [6, 6.07) is 6.16. The van der Waals surface area contributed by atoms with Crippen LogP contribution >= 0.6 is 11.6 Å². The van der Waals surface area contributed by atoms with Crippen molar-refractivity contribution in [1.29, 1.82) is 0 Å². The summed E-state index contributed by atoms with van der Waals surface area (Å²) in [6.45, 7) is 0.728. The average molecular weight is 388 g/mol. The molecule has 0 aliphatic heterocycles. The number of hydrogen-bond acceptors (Lipinski definition) is 4. The zero-order chi connectivity index (χ0) is 19.3. The highest BCUT2D eigenvalue weighted by Gasteiger charge is 2.19. The van der Waals surface area contributed by atoms with E-state index in [4.69, 9.17) is 21.1 Å². The van der Waals surface area contributed by atoms with E-state index in [0.717, 1.165) is 30.3 Å². The number of benzene rings is 2. The predicted molar refractivity (Wildman–Crippen MR) is 87.4 cm³/mol. The van der Waals surface area contributed by atoms with Gasteiger partial charge in [-0.05, 0) is 37.3 Å². The van der Waals surface area contributed by atoms with Gasteiger partial charge in [-0.2, -0.15) is 0 Å². The van der Waals surface area contributed by atoms with Crippen LogP contribution in [0.4, 0.5) is 18.9 Å². The van der Waals surface area contributed by atoms with E-state index in [0.29, 0.717) is 0 Å². The van der Waals surface area contributed by atoms with E-state index in [1.165, 1.54) is 13.0 Å². The van der Waals surface area contributed by atoms with Gasteiger partial charge in [0.05, 0.1) is 5.02 Å². The highest BCUT2D eigenvalue weighted by atomic mass is 35.5. The Morgan fingerprint density at radius 2 is 1.85 bits per heavy atom. The molecule has 1 atom stereocenters. The molecule has 0 unspecified atom stereocenters. The lowest BCUT2D eigenvalue weighted by atomic mass is 10.3. The van der Waals surface area contributed by atoms with Crippen molar-refractivity contribution < 1.29 is 32.2 Å². The summed E-state index contributed by atoms with van der Waals surface area (Å²) < 4.78 is 48.8. The Morgan fingerprint density at radius 3 is 2.50 bits per heavy atom. The van der Waals surface area contributed by atoms with Crippen LogP contribution in [-0.2, 0) is 14.3 Å². The van der Waals surface area contributed by atoms with Gasteiger partial charge in [-0.1, -0.05) is 11.6 Å². The lowest BCUT2D eigenvalue weighted by molar-refractivity contribution is -0.155. The first kappa shape index (κ1) is 19.6. The van der Waals surface area contributed by atoms with Crippen LogP contribution in [0.1, 0.15) is 6.92 Å². The normalized spacial score (nSPS) is 11.6. The fourth-order valence-electron chi connectivity index (χ4n) is 1.83. The van der Waals surface area contributed by atoms with E-state index in [1.807, 2.05) is 0 Å². The molecule has 0 saturated carbocycles. The van der Waals surface area contributed by atoms with Crippen LogP contribution in [0.5, 0.6) is 5.75 Å². The summed E-state index contributed by atoms with van der Waals surface area (Å²) in [5, 5.41) is 2.25. The Morgan fingerprint density at radius 1 is 1.12 bits per heavy atom. The minimum absolute atomic E-state index is 0.00569. The van der Waals surface area contributed by atoms with Crippen LogP contribution < -0.4 is 10.1 Å². The summed E-state index contributed by atoms with van der Waals surface area (Å²) in [7, 11) is 0. The molecule has 2 aromatic rings. The zero-order valence-electron chi connectivity index (χ0n) is 13.4. The van der Waals surface area contributed by atoms with Crippen molar-refractivity contribution in [2.45, 2.75) is 13.0 Å². The molecule has 0 fully saturated rings. The average Bonchev–Trinajstić information content (AvgIpc) is 2.57. The van der Waals surface area contributed by atoms with Crippen LogP contribution in [0.25, 0.3) is 0 Å². The molecular formula is C17H13ClF3NO4. The van der Waals surface area contributed by atoms with Crippen molar-refractivity contribution in [2.24, 2.45) is 0 Å². The van der Waals surface area contributed by atoms with Gasteiger partial charge < -0.3 is 14.8 Å². The highest BCUT2D eigenvalue weighted by Crippen LogP contribution is 2.24. The molecular weight excluding hydrogens is 375 g/mol. The largest absolute Gasteiger partial charge is 0.480 e. The maximum Gasteiger partial charge on any atom is 0.344 e. The summed E-state index contributed by atoms with van der Waals surface area (Å²) in [5.41, 5.74) is 0.00569. The number of carbonyl (C=O) groups is 2. The van der Waals surface area contributed by atoms with E-state index in [2.05, 4.69) is 5.32 Å². The number of hydrogen-bond donors (Lipinski definition) is 1. The minimum atomic E-state index is -1.22. The second-order valence-electron chi connectivity index (χ2n) is 5.11. The van der Waals surface area contributed by atoms with Crippen LogP contribution in [0.15, 0.2) is 36.4 Å². The van der Waals surface area contributed by atoms with E-state index < -0.39 is 42.0 Å². The third kappa shape index (κ3) is 5.38. The Labute approximate surface area is 151 Å². The van der Waals surface area contributed by atoms with E-state index in [9.17, 15) is 22.8 Å². The number of esters is 1. The molecule has 0 saturated heterocycles. The quantitative estimate of drug-likeness (QED) is 0.767. The van der Waals surface area contributed by atoms with Crippen molar-refractivity contribution in [1.82, 2.24) is 0 Å². The van der Waals surface area contributed by atoms with Crippen molar-refractivity contribution in [3.63, 3.8) is 0 Å². The molecule has 9 heteroatoms. The Bertz CT molecular complexity index is 832. The number of anilines is 1. The fraction of sp³-hybridized carbons (Fsp3) is 0.176. The maximum atomic E-state index is 13.1. The molecule has 0 aliphatic carbocycles.